The number of likely N-dealkylation sites (N-methyl/N-ethyl adjacent to an activating group) is 3. The lowest BCUT2D eigenvalue weighted by molar-refractivity contribution is -0.117. The van der Waals surface area contributed by atoms with Crippen LogP contribution in [0.3, 0.4) is 0 Å². The lowest BCUT2D eigenvalue weighted by atomic mass is 10.0. The fraction of sp³-hybridized carbons (Fsp3) is 0.375. The molecule has 2 heterocycles. The number of hydrogen-bond acceptors (Lipinski definition) is 8. The number of amides is 2. The molecular weight excluding hydrogens is 603 g/mol. The van der Waals surface area contributed by atoms with Gasteiger partial charge in [0, 0.05) is 75.8 Å². The van der Waals surface area contributed by atoms with Crippen molar-refractivity contribution in [1.29, 1.82) is 0 Å². The van der Waals surface area contributed by atoms with Crippen LogP contribution in [0.25, 0.3) is 0 Å². The summed E-state index contributed by atoms with van der Waals surface area (Å²) in [5.74, 6) is 0.613. The van der Waals surface area contributed by atoms with Gasteiger partial charge < -0.3 is 24.2 Å². The van der Waals surface area contributed by atoms with Crippen molar-refractivity contribution in [3.05, 3.63) is 76.2 Å². The van der Waals surface area contributed by atoms with E-state index in [0.29, 0.717) is 35.0 Å². The average Bonchev–Trinajstić information content (AvgIpc) is 3.06. The summed E-state index contributed by atoms with van der Waals surface area (Å²) in [4.78, 5) is 42.6. The van der Waals surface area contributed by atoms with E-state index in [0.717, 1.165) is 49.7 Å². The molecule has 1 fully saturated rings. The second-order valence-electron chi connectivity index (χ2n) is 10.4. The molecule has 1 aliphatic rings. The molecule has 0 atom stereocenters. The van der Waals surface area contributed by atoms with Gasteiger partial charge in [-0.15, -0.1) is 0 Å². The molecule has 0 radical (unpaired) electrons. The summed E-state index contributed by atoms with van der Waals surface area (Å²) in [5, 5.41) is 0.481. The highest BCUT2D eigenvalue weighted by atomic mass is 35.5. The number of rotatable bonds is 11. The van der Waals surface area contributed by atoms with Gasteiger partial charge in [-0.2, -0.15) is 0 Å². The van der Waals surface area contributed by atoms with Gasteiger partial charge in [0.05, 0.1) is 36.4 Å². The Bertz CT molecular complexity index is 1500. The molecular formula is C32H38Cl2N6O4. The Morgan fingerprint density at radius 3 is 2.23 bits per heavy atom. The standard InChI is InChI=1S/C32H38Cl2N6O4/c1-7-29(41)37(3)25-17-23(40-13-11-39(8-2)12-14-40)10-9-21(25)15-22-16-28(36-20-35-22)38(4)30(42)18-24-31(33)26(43-5)19-27(44-6)32(24)34/h7,9-10,16-17,19-20H,1,8,11-15,18H2,2-6H3. The van der Waals surface area contributed by atoms with E-state index in [1.807, 2.05) is 12.1 Å². The van der Waals surface area contributed by atoms with Crippen LogP contribution in [0.15, 0.2) is 49.3 Å². The number of carbonyl (C=O) groups is 2. The van der Waals surface area contributed by atoms with Crippen molar-refractivity contribution in [2.45, 2.75) is 19.8 Å². The van der Waals surface area contributed by atoms with E-state index in [1.165, 1.54) is 31.5 Å². The van der Waals surface area contributed by atoms with Crippen LogP contribution in [0.4, 0.5) is 17.2 Å². The van der Waals surface area contributed by atoms with E-state index in [2.05, 4.69) is 39.3 Å². The molecule has 1 aromatic heterocycles. The van der Waals surface area contributed by atoms with Gasteiger partial charge in [0.25, 0.3) is 0 Å². The first-order chi connectivity index (χ1) is 21.1. The SMILES string of the molecule is C=CC(=O)N(C)c1cc(N2CCN(CC)CC2)ccc1Cc1cc(N(C)C(=O)Cc2c(Cl)c(OC)cc(OC)c2Cl)ncn1. The van der Waals surface area contributed by atoms with E-state index in [1.54, 1.807) is 31.1 Å². The molecule has 10 nitrogen and oxygen atoms in total. The summed E-state index contributed by atoms with van der Waals surface area (Å²) in [6, 6.07) is 9.49. The van der Waals surface area contributed by atoms with Crippen LogP contribution in [0.2, 0.25) is 10.0 Å². The van der Waals surface area contributed by atoms with Gasteiger partial charge in [0.1, 0.15) is 23.6 Å². The maximum atomic E-state index is 13.4. The number of nitrogens with zero attached hydrogens (tertiary/aromatic N) is 6. The number of carbonyl (C=O) groups excluding carboxylic acids is 2. The fourth-order valence-electron chi connectivity index (χ4n) is 5.14. The molecule has 2 aromatic carbocycles. The number of benzene rings is 2. The van der Waals surface area contributed by atoms with E-state index in [-0.39, 0.29) is 28.3 Å². The average molecular weight is 642 g/mol. The lowest BCUT2D eigenvalue weighted by Crippen LogP contribution is -2.46. The first-order valence-electron chi connectivity index (χ1n) is 14.3. The minimum atomic E-state index is -0.293. The summed E-state index contributed by atoms with van der Waals surface area (Å²) in [6.07, 6.45) is 3.03. The number of hydrogen-bond donors (Lipinski definition) is 0. The van der Waals surface area contributed by atoms with Crippen LogP contribution in [-0.4, -0.2) is 87.7 Å². The van der Waals surface area contributed by atoms with Gasteiger partial charge in [0.2, 0.25) is 11.8 Å². The van der Waals surface area contributed by atoms with E-state index < -0.39 is 0 Å². The molecule has 0 bridgehead atoms. The summed E-state index contributed by atoms with van der Waals surface area (Å²) >= 11 is 13.0. The van der Waals surface area contributed by atoms with Gasteiger partial charge in [-0.3, -0.25) is 14.5 Å². The number of piperazine rings is 1. The number of methoxy groups -OCH3 is 2. The van der Waals surface area contributed by atoms with Crippen LogP contribution < -0.4 is 24.2 Å². The van der Waals surface area contributed by atoms with Crippen molar-refractivity contribution in [3.63, 3.8) is 0 Å². The molecule has 1 saturated heterocycles. The summed E-state index contributed by atoms with van der Waals surface area (Å²) in [7, 11) is 6.32. The summed E-state index contributed by atoms with van der Waals surface area (Å²) in [6.45, 7) is 10.7. The number of halogens is 2. The highest BCUT2D eigenvalue weighted by molar-refractivity contribution is 6.38. The van der Waals surface area contributed by atoms with Crippen molar-refractivity contribution in [1.82, 2.24) is 14.9 Å². The topological polar surface area (TPSA) is 91.3 Å². The molecule has 0 spiro atoms. The van der Waals surface area contributed by atoms with Crippen LogP contribution >= 0.6 is 23.2 Å². The maximum Gasteiger partial charge on any atom is 0.250 e. The van der Waals surface area contributed by atoms with Crippen LogP contribution in [0, 0.1) is 0 Å². The first kappa shape index (κ1) is 33.0. The quantitative estimate of drug-likeness (QED) is 0.274. The Kier molecular flexibility index (Phi) is 11.1. The molecule has 4 rings (SSSR count). The molecule has 234 valence electrons. The predicted molar refractivity (Wildman–Crippen MR) is 176 cm³/mol. The van der Waals surface area contributed by atoms with E-state index >= 15 is 0 Å². The Morgan fingerprint density at radius 1 is 0.977 bits per heavy atom. The zero-order valence-corrected chi connectivity index (χ0v) is 27.3. The molecule has 2 amide bonds. The zero-order valence-electron chi connectivity index (χ0n) is 25.8. The van der Waals surface area contributed by atoms with Crippen LogP contribution in [0.5, 0.6) is 11.5 Å². The van der Waals surface area contributed by atoms with Crippen LogP contribution in [-0.2, 0) is 22.4 Å². The van der Waals surface area contributed by atoms with Crippen molar-refractivity contribution >= 4 is 52.2 Å². The van der Waals surface area contributed by atoms with Gasteiger partial charge in [-0.1, -0.05) is 42.8 Å². The highest BCUT2D eigenvalue weighted by Gasteiger charge is 2.23. The second kappa shape index (κ2) is 14.7. The Labute approximate surface area is 268 Å². The van der Waals surface area contributed by atoms with Gasteiger partial charge >= 0.3 is 0 Å². The second-order valence-corrected chi connectivity index (χ2v) is 11.2. The van der Waals surface area contributed by atoms with Crippen LogP contribution in [0.1, 0.15) is 23.7 Å². The summed E-state index contributed by atoms with van der Waals surface area (Å²) < 4.78 is 10.7. The molecule has 0 unspecified atom stereocenters. The van der Waals surface area contributed by atoms with Crippen molar-refractivity contribution in [2.75, 3.05) is 75.7 Å². The molecule has 0 aliphatic carbocycles. The van der Waals surface area contributed by atoms with E-state index in [9.17, 15) is 9.59 Å². The first-order valence-corrected chi connectivity index (χ1v) is 15.0. The van der Waals surface area contributed by atoms with Crippen molar-refractivity contribution < 1.29 is 19.1 Å². The molecule has 1 aliphatic heterocycles. The van der Waals surface area contributed by atoms with E-state index in [4.69, 9.17) is 32.7 Å². The molecule has 44 heavy (non-hydrogen) atoms. The number of ether oxygens (including phenoxy) is 2. The third-order valence-electron chi connectivity index (χ3n) is 7.91. The Morgan fingerprint density at radius 2 is 1.64 bits per heavy atom. The van der Waals surface area contributed by atoms with Crippen molar-refractivity contribution in [2.24, 2.45) is 0 Å². The Hall–Kier alpha value is -3.86. The molecule has 3 aromatic rings. The minimum Gasteiger partial charge on any atom is -0.495 e. The zero-order chi connectivity index (χ0) is 32.0. The monoisotopic (exact) mass is 640 g/mol. The third-order valence-corrected chi connectivity index (χ3v) is 8.74. The van der Waals surface area contributed by atoms with Gasteiger partial charge in [-0.05, 0) is 30.3 Å². The largest absolute Gasteiger partial charge is 0.495 e. The van der Waals surface area contributed by atoms with Crippen molar-refractivity contribution in [3.8, 4) is 11.5 Å². The highest BCUT2D eigenvalue weighted by Crippen LogP contribution is 2.41. The Balaban J connectivity index is 1.58. The fourth-order valence-corrected chi connectivity index (χ4v) is 5.77. The predicted octanol–water partition coefficient (Wildman–Crippen LogP) is 4.89. The minimum absolute atomic E-state index is 0.104. The maximum absolute atomic E-state index is 13.4. The number of anilines is 3. The third kappa shape index (κ3) is 7.26. The molecule has 12 heteroatoms. The van der Waals surface area contributed by atoms with Gasteiger partial charge in [-0.25, -0.2) is 9.97 Å². The smallest absolute Gasteiger partial charge is 0.250 e. The normalized spacial score (nSPS) is 13.4. The molecule has 0 saturated carbocycles. The molecule has 0 N–H and O–H groups in total. The lowest BCUT2D eigenvalue weighted by Gasteiger charge is -2.36. The number of aromatic nitrogens is 2. The van der Waals surface area contributed by atoms with Gasteiger partial charge in [0.15, 0.2) is 0 Å². The summed E-state index contributed by atoms with van der Waals surface area (Å²) in [5.41, 5.74) is 3.80.